The standard InChI is InChI=1S/C13H16FNO3S/c1-7(2)15-12(16)8(3)19-9-4-5-11(14)10(6-9)13(17)18/h4-8H,1-3H3,(H,15,16)(H,17,18). The highest BCUT2D eigenvalue weighted by atomic mass is 32.2. The third kappa shape index (κ3) is 4.55. The molecule has 0 saturated heterocycles. The third-order valence-electron chi connectivity index (χ3n) is 2.28. The summed E-state index contributed by atoms with van der Waals surface area (Å²) in [5, 5.41) is 11.2. The molecule has 1 atom stereocenters. The highest BCUT2D eigenvalue weighted by molar-refractivity contribution is 8.00. The van der Waals surface area contributed by atoms with E-state index in [2.05, 4.69) is 5.32 Å². The molecule has 0 fully saturated rings. The first-order valence-corrected chi connectivity index (χ1v) is 6.69. The Balaban J connectivity index is 2.80. The van der Waals surface area contributed by atoms with E-state index in [9.17, 15) is 14.0 Å². The van der Waals surface area contributed by atoms with Gasteiger partial charge < -0.3 is 10.4 Å². The van der Waals surface area contributed by atoms with Crippen molar-refractivity contribution in [3.05, 3.63) is 29.6 Å². The lowest BCUT2D eigenvalue weighted by molar-refractivity contribution is -0.120. The van der Waals surface area contributed by atoms with E-state index in [4.69, 9.17) is 5.11 Å². The van der Waals surface area contributed by atoms with Crippen molar-refractivity contribution in [2.45, 2.75) is 37.0 Å². The fourth-order valence-corrected chi connectivity index (χ4v) is 2.32. The van der Waals surface area contributed by atoms with Crippen molar-refractivity contribution in [3.8, 4) is 0 Å². The van der Waals surface area contributed by atoms with E-state index in [1.54, 1.807) is 6.92 Å². The first-order chi connectivity index (χ1) is 8.81. The summed E-state index contributed by atoms with van der Waals surface area (Å²) in [6.07, 6.45) is 0. The van der Waals surface area contributed by atoms with Crippen LogP contribution in [0.5, 0.6) is 0 Å². The molecule has 2 N–H and O–H groups in total. The van der Waals surface area contributed by atoms with Gasteiger partial charge in [0.2, 0.25) is 5.91 Å². The zero-order valence-corrected chi connectivity index (χ0v) is 11.8. The fourth-order valence-electron chi connectivity index (χ4n) is 1.40. The van der Waals surface area contributed by atoms with Crippen LogP contribution in [0.3, 0.4) is 0 Å². The molecule has 1 aromatic rings. The maximum absolute atomic E-state index is 13.2. The van der Waals surface area contributed by atoms with E-state index in [1.807, 2.05) is 13.8 Å². The minimum absolute atomic E-state index is 0.0401. The van der Waals surface area contributed by atoms with Crippen molar-refractivity contribution in [2.24, 2.45) is 0 Å². The molecule has 0 saturated carbocycles. The molecule has 1 rings (SSSR count). The molecule has 1 amide bonds. The number of carbonyl (C=O) groups is 2. The van der Waals surface area contributed by atoms with Gasteiger partial charge in [-0.05, 0) is 39.0 Å². The van der Waals surface area contributed by atoms with E-state index >= 15 is 0 Å². The van der Waals surface area contributed by atoms with Crippen LogP contribution in [0.25, 0.3) is 0 Å². The molecule has 0 aliphatic heterocycles. The lowest BCUT2D eigenvalue weighted by Crippen LogP contribution is -2.35. The Morgan fingerprint density at radius 1 is 1.32 bits per heavy atom. The lowest BCUT2D eigenvalue weighted by Gasteiger charge is -2.14. The zero-order valence-electron chi connectivity index (χ0n) is 10.9. The first kappa shape index (κ1) is 15.5. The summed E-state index contributed by atoms with van der Waals surface area (Å²) < 4.78 is 13.2. The Bertz CT molecular complexity index is 491. The molecule has 1 unspecified atom stereocenters. The topological polar surface area (TPSA) is 66.4 Å². The molecule has 0 spiro atoms. The molecular formula is C13H16FNO3S. The van der Waals surface area contributed by atoms with Gasteiger partial charge in [-0.1, -0.05) is 0 Å². The molecule has 104 valence electrons. The number of carboxylic acids is 1. The average Bonchev–Trinajstić information content (AvgIpc) is 2.30. The molecule has 1 aromatic carbocycles. The van der Waals surface area contributed by atoms with E-state index in [0.717, 1.165) is 6.07 Å². The maximum Gasteiger partial charge on any atom is 0.338 e. The molecule has 0 heterocycles. The van der Waals surface area contributed by atoms with Gasteiger partial charge in [-0.2, -0.15) is 0 Å². The normalized spacial score (nSPS) is 12.3. The van der Waals surface area contributed by atoms with Crippen molar-refractivity contribution < 1.29 is 19.1 Å². The zero-order chi connectivity index (χ0) is 14.6. The van der Waals surface area contributed by atoms with Crippen LogP contribution in [-0.2, 0) is 4.79 Å². The second-order valence-corrected chi connectivity index (χ2v) is 5.78. The van der Waals surface area contributed by atoms with E-state index < -0.39 is 11.8 Å². The lowest BCUT2D eigenvalue weighted by atomic mass is 10.2. The molecule has 0 aromatic heterocycles. The second kappa shape index (κ2) is 6.56. The number of rotatable bonds is 5. The van der Waals surface area contributed by atoms with Crippen LogP contribution < -0.4 is 5.32 Å². The molecule has 4 nitrogen and oxygen atoms in total. The number of halogens is 1. The molecule has 19 heavy (non-hydrogen) atoms. The third-order valence-corrected chi connectivity index (χ3v) is 3.37. The van der Waals surface area contributed by atoms with Crippen molar-refractivity contribution in [1.82, 2.24) is 5.32 Å². The van der Waals surface area contributed by atoms with Gasteiger partial charge in [-0.3, -0.25) is 4.79 Å². The fraction of sp³-hybridized carbons (Fsp3) is 0.385. The summed E-state index contributed by atoms with van der Waals surface area (Å²) in [5.41, 5.74) is -0.388. The average molecular weight is 285 g/mol. The number of carbonyl (C=O) groups excluding carboxylic acids is 1. The Hall–Kier alpha value is -1.56. The number of carboxylic acid groups (broad SMARTS) is 1. The summed E-state index contributed by atoms with van der Waals surface area (Å²) in [4.78, 5) is 23.1. The Labute approximate surface area is 115 Å². The number of nitrogens with one attached hydrogen (secondary N) is 1. The van der Waals surface area contributed by atoms with Gasteiger partial charge in [0.15, 0.2) is 0 Å². The van der Waals surface area contributed by atoms with Gasteiger partial charge >= 0.3 is 5.97 Å². The van der Waals surface area contributed by atoms with Crippen LogP contribution >= 0.6 is 11.8 Å². The minimum atomic E-state index is -1.32. The predicted octanol–water partition coefficient (Wildman–Crippen LogP) is 2.53. The predicted molar refractivity (Wildman–Crippen MR) is 72.0 cm³/mol. The largest absolute Gasteiger partial charge is 0.478 e. The van der Waals surface area contributed by atoms with Crippen LogP contribution in [-0.4, -0.2) is 28.3 Å². The molecule has 0 radical (unpaired) electrons. The molecule has 0 aliphatic carbocycles. The summed E-state index contributed by atoms with van der Waals surface area (Å²) in [5.74, 6) is -2.24. The van der Waals surface area contributed by atoms with Crippen LogP contribution in [0.2, 0.25) is 0 Å². The number of amides is 1. The van der Waals surface area contributed by atoms with Crippen molar-refractivity contribution in [3.63, 3.8) is 0 Å². The van der Waals surface area contributed by atoms with E-state index in [-0.39, 0.29) is 22.8 Å². The van der Waals surface area contributed by atoms with Crippen molar-refractivity contribution in [1.29, 1.82) is 0 Å². The van der Waals surface area contributed by atoms with Crippen molar-refractivity contribution in [2.75, 3.05) is 0 Å². The van der Waals surface area contributed by atoms with Gasteiger partial charge in [-0.15, -0.1) is 11.8 Å². The van der Waals surface area contributed by atoms with Gasteiger partial charge in [0.25, 0.3) is 0 Å². The van der Waals surface area contributed by atoms with Gasteiger partial charge in [0.05, 0.1) is 10.8 Å². The van der Waals surface area contributed by atoms with Crippen LogP contribution in [0.4, 0.5) is 4.39 Å². The van der Waals surface area contributed by atoms with Gasteiger partial charge in [-0.25, -0.2) is 9.18 Å². The number of hydrogen-bond acceptors (Lipinski definition) is 3. The van der Waals surface area contributed by atoms with Gasteiger partial charge in [0, 0.05) is 10.9 Å². The maximum atomic E-state index is 13.2. The second-order valence-electron chi connectivity index (χ2n) is 4.37. The minimum Gasteiger partial charge on any atom is -0.478 e. The molecule has 0 bridgehead atoms. The summed E-state index contributed by atoms with van der Waals surface area (Å²) in [6, 6.07) is 3.84. The first-order valence-electron chi connectivity index (χ1n) is 5.81. The van der Waals surface area contributed by atoms with Crippen LogP contribution in [0.15, 0.2) is 23.1 Å². The molecular weight excluding hydrogens is 269 g/mol. The number of thioether (sulfide) groups is 1. The Morgan fingerprint density at radius 3 is 2.47 bits per heavy atom. The highest BCUT2D eigenvalue weighted by Crippen LogP contribution is 2.25. The monoisotopic (exact) mass is 285 g/mol. The summed E-state index contributed by atoms with van der Waals surface area (Å²) >= 11 is 1.19. The Morgan fingerprint density at radius 2 is 1.95 bits per heavy atom. The number of aromatic carboxylic acids is 1. The van der Waals surface area contributed by atoms with Crippen molar-refractivity contribution >= 4 is 23.6 Å². The molecule has 6 heteroatoms. The van der Waals surface area contributed by atoms with E-state index in [1.165, 1.54) is 23.9 Å². The SMILES string of the molecule is CC(C)NC(=O)C(C)Sc1ccc(F)c(C(=O)O)c1. The van der Waals surface area contributed by atoms with Crippen LogP contribution in [0, 0.1) is 5.82 Å². The highest BCUT2D eigenvalue weighted by Gasteiger charge is 2.17. The van der Waals surface area contributed by atoms with E-state index in [0.29, 0.717) is 4.90 Å². The van der Waals surface area contributed by atoms with Gasteiger partial charge in [0.1, 0.15) is 5.82 Å². The molecule has 0 aliphatic rings. The smallest absolute Gasteiger partial charge is 0.338 e. The summed E-state index contributed by atoms with van der Waals surface area (Å²) in [7, 11) is 0. The summed E-state index contributed by atoms with van der Waals surface area (Å²) in [6.45, 7) is 5.43. The number of benzene rings is 1. The Kier molecular flexibility index (Phi) is 5.35. The number of hydrogen-bond donors (Lipinski definition) is 2. The van der Waals surface area contributed by atoms with Crippen LogP contribution in [0.1, 0.15) is 31.1 Å². The quantitative estimate of drug-likeness (QED) is 0.816.